The lowest BCUT2D eigenvalue weighted by Crippen LogP contribution is -2.07. The van der Waals surface area contributed by atoms with Gasteiger partial charge < -0.3 is 4.98 Å². The molecule has 1 N–H and O–H groups in total. The first-order valence-electron chi connectivity index (χ1n) is 6.75. The second kappa shape index (κ2) is 5.48. The molecule has 0 bridgehead atoms. The number of nitrogens with zero attached hydrogens (tertiary/aromatic N) is 2. The maximum atomic E-state index is 12.3. The molecule has 0 fully saturated rings. The van der Waals surface area contributed by atoms with Gasteiger partial charge >= 0.3 is 0 Å². The highest BCUT2D eigenvalue weighted by Crippen LogP contribution is 2.30. The number of hydrogen-bond donors (Lipinski definition) is 1. The molecule has 7 heteroatoms. The Morgan fingerprint density at radius 2 is 1.95 bits per heavy atom. The number of H-pyrrole nitrogens is 1. The van der Waals surface area contributed by atoms with Crippen LogP contribution in [-0.2, 0) is 9.84 Å². The Bertz CT molecular complexity index is 964. The van der Waals surface area contributed by atoms with Gasteiger partial charge in [-0.05, 0) is 46.6 Å². The molecule has 3 heterocycles. The van der Waals surface area contributed by atoms with E-state index < -0.39 is 9.84 Å². The second-order valence-electron chi connectivity index (χ2n) is 5.03. The highest BCUT2D eigenvalue weighted by Gasteiger charge is 2.21. The van der Waals surface area contributed by atoms with E-state index in [4.69, 9.17) is 0 Å². The van der Waals surface area contributed by atoms with Crippen LogP contribution in [0.3, 0.4) is 0 Å². The zero-order valence-corrected chi connectivity index (χ0v) is 14.5. The van der Waals surface area contributed by atoms with Crippen molar-refractivity contribution >= 4 is 36.8 Å². The van der Waals surface area contributed by atoms with Gasteiger partial charge in [-0.2, -0.15) is 0 Å². The Kier molecular flexibility index (Phi) is 3.78. The monoisotopic (exact) mass is 379 g/mol. The summed E-state index contributed by atoms with van der Waals surface area (Å²) in [6.45, 7) is 3.58. The van der Waals surface area contributed by atoms with Crippen LogP contribution in [-0.4, -0.2) is 29.1 Å². The molecule has 0 aliphatic rings. The van der Waals surface area contributed by atoms with E-state index in [1.54, 1.807) is 25.4 Å². The molecule has 5 nitrogen and oxygen atoms in total. The van der Waals surface area contributed by atoms with Crippen LogP contribution < -0.4 is 0 Å². The highest BCUT2D eigenvalue weighted by atomic mass is 79.9. The van der Waals surface area contributed by atoms with Crippen LogP contribution in [0.5, 0.6) is 0 Å². The lowest BCUT2D eigenvalue weighted by Gasteiger charge is -2.07. The lowest BCUT2D eigenvalue weighted by atomic mass is 10.2. The van der Waals surface area contributed by atoms with Crippen LogP contribution in [0.4, 0.5) is 0 Å². The van der Waals surface area contributed by atoms with E-state index in [9.17, 15) is 8.42 Å². The Hall–Kier alpha value is -1.73. The van der Waals surface area contributed by atoms with Crippen LogP contribution in [0, 0.1) is 6.92 Å². The van der Waals surface area contributed by atoms with Crippen molar-refractivity contribution in [2.75, 3.05) is 5.75 Å². The number of rotatable bonds is 3. The molecule has 0 atom stereocenters. The molecule has 0 unspecified atom stereocenters. The van der Waals surface area contributed by atoms with Crippen molar-refractivity contribution in [3.05, 3.63) is 40.6 Å². The van der Waals surface area contributed by atoms with Crippen molar-refractivity contribution in [2.24, 2.45) is 0 Å². The lowest BCUT2D eigenvalue weighted by molar-refractivity contribution is 0.597. The molecule has 0 saturated heterocycles. The van der Waals surface area contributed by atoms with Crippen molar-refractivity contribution in [1.82, 2.24) is 15.0 Å². The molecular weight excluding hydrogens is 366 g/mol. The fourth-order valence-electron chi connectivity index (χ4n) is 2.26. The van der Waals surface area contributed by atoms with E-state index in [1.807, 2.05) is 19.1 Å². The quantitative estimate of drug-likeness (QED) is 0.755. The Balaban J connectivity index is 2.26. The molecule has 0 spiro atoms. The molecule has 0 amide bonds. The standard InChI is InChI=1S/C15H14BrN3O2S/c1-3-22(20,21)14-5-10(16)8-18-15(14)13-6-11-12(19-13)4-9(2)7-17-11/h4-8,19H,3H2,1-2H3. The fraction of sp³-hybridized carbons (Fsp3) is 0.200. The number of fused-ring (bicyclic) bond motifs is 1. The average molecular weight is 380 g/mol. The summed E-state index contributed by atoms with van der Waals surface area (Å²) in [7, 11) is -3.38. The fourth-order valence-corrected chi connectivity index (χ4v) is 3.81. The molecule has 114 valence electrons. The van der Waals surface area contributed by atoms with E-state index in [2.05, 4.69) is 30.9 Å². The maximum absolute atomic E-state index is 12.3. The van der Waals surface area contributed by atoms with Crippen LogP contribution in [0.1, 0.15) is 12.5 Å². The van der Waals surface area contributed by atoms with Crippen LogP contribution in [0.2, 0.25) is 0 Å². The Morgan fingerprint density at radius 1 is 1.18 bits per heavy atom. The van der Waals surface area contributed by atoms with Crippen LogP contribution >= 0.6 is 15.9 Å². The number of hydrogen-bond acceptors (Lipinski definition) is 4. The summed E-state index contributed by atoms with van der Waals surface area (Å²) in [5.41, 5.74) is 3.74. The van der Waals surface area contributed by atoms with Crippen LogP contribution in [0.15, 0.2) is 40.0 Å². The molecule has 0 aliphatic carbocycles. The van der Waals surface area contributed by atoms with Gasteiger partial charge in [-0.15, -0.1) is 0 Å². The van der Waals surface area contributed by atoms with Gasteiger partial charge in [0.2, 0.25) is 0 Å². The third kappa shape index (κ3) is 2.66. The number of aromatic nitrogens is 3. The Labute approximate surface area is 136 Å². The van der Waals surface area contributed by atoms with Crippen molar-refractivity contribution in [3.63, 3.8) is 0 Å². The molecule has 3 rings (SSSR count). The second-order valence-corrected chi connectivity index (χ2v) is 8.19. The molecule has 3 aromatic heterocycles. The van der Waals surface area contributed by atoms with Crippen molar-refractivity contribution in [2.45, 2.75) is 18.7 Å². The van der Waals surface area contributed by atoms with E-state index in [-0.39, 0.29) is 10.6 Å². The predicted molar refractivity (Wildman–Crippen MR) is 89.5 cm³/mol. The van der Waals surface area contributed by atoms with Gasteiger partial charge in [0.05, 0.1) is 27.4 Å². The van der Waals surface area contributed by atoms with Crippen molar-refractivity contribution in [3.8, 4) is 11.4 Å². The molecule has 3 aromatic rings. The van der Waals surface area contributed by atoms with Crippen molar-refractivity contribution in [1.29, 1.82) is 0 Å². The number of aromatic amines is 1. The number of halogens is 1. The first kappa shape index (κ1) is 15.2. The number of pyridine rings is 2. The molecule has 0 aliphatic heterocycles. The summed E-state index contributed by atoms with van der Waals surface area (Å²) < 4.78 is 25.3. The van der Waals surface area contributed by atoms with Crippen LogP contribution in [0.25, 0.3) is 22.4 Å². The molecule has 22 heavy (non-hydrogen) atoms. The average Bonchev–Trinajstić information content (AvgIpc) is 2.89. The van der Waals surface area contributed by atoms with Gasteiger partial charge in [-0.3, -0.25) is 9.97 Å². The topological polar surface area (TPSA) is 75.7 Å². The first-order valence-corrected chi connectivity index (χ1v) is 9.19. The first-order chi connectivity index (χ1) is 10.4. The van der Waals surface area contributed by atoms with Gasteiger partial charge in [0.15, 0.2) is 9.84 Å². The van der Waals surface area contributed by atoms with E-state index in [0.717, 1.165) is 16.6 Å². The zero-order chi connectivity index (χ0) is 15.9. The third-order valence-corrected chi connectivity index (χ3v) is 5.57. The minimum atomic E-state index is -3.38. The largest absolute Gasteiger partial charge is 0.352 e. The van der Waals surface area contributed by atoms with Gasteiger partial charge in [-0.1, -0.05) is 6.92 Å². The molecule has 0 radical (unpaired) electrons. The van der Waals surface area contributed by atoms with Crippen molar-refractivity contribution < 1.29 is 8.42 Å². The Morgan fingerprint density at radius 3 is 2.68 bits per heavy atom. The third-order valence-electron chi connectivity index (χ3n) is 3.40. The van der Waals surface area contributed by atoms with E-state index in [0.29, 0.717) is 15.9 Å². The summed E-state index contributed by atoms with van der Waals surface area (Å²) >= 11 is 3.29. The number of nitrogens with one attached hydrogen (secondary N) is 1. The minimum Gasteiger partial charge on any atom is -0.352 e. The summed E-state index contributed by atoms with van der Waals surface area (Å²) in [5, 5.41) is 0. The summed E-state index contributed by atoms with van der Waals surface area (Å²) in [5.74, 6) is 0.0235. The highest BCUT2D eigenvalue weighted by molar-refractivity contribution is 9.10. The normalized spacial score (nSPS) is 12.0. The van der Waals surface area contributed by atoms with Gasteiger partial charge in [0.25, 0.3) is 0 Å². The maximum Gasteiger partial charge on any atom is 0.180 e. The molecule has 0 saturated carbocycles. The smallest absolute Gasteiger partial charge is 0.180 e. The van der Waals surface area contributed by atoms with Gasteiger partial charge in [0, 0.05) is 16.9 Å². The summed E-state index contributed by atoms with van der Waals surface area (Å²) in [6, 6.07) is 5.38. The van der Waals surface area contributed by atoms with E-state index in [1.165, 1.54) is 0 Å². The predicted octanol–water partition coefficient (Wildman–Crippen LogP) is 3.49. The molecule has 0 aromatic carbocycles. The van der Waals surface area contributed by atoms with Gasteiger partial charge in [0.1, 0.15) is 5.69 Å². The van der Waals surface area contributed by atoms with E-state index >= 15 is 0 Å². The summed E-state index contributed by atoms with van der Waals surface area (Å²) in [4.78, 5) is 12.1. The SMILES string of the molecule is CCS(=O)(=O)c1cc(Br)cnc1-c1cc2ncc(C)cc2[nH]1. The number of aryl methyl sites for hydroxylation is 1. The summed E-state index contributed by atoms with van der Waals surface area (Å²) in [6.07, 6.45) is 3.37. The minimum absolute atomic E-state index is 0.0235. The van der Waals surface area contributed by atoms with Gasteiger partial charge in [-0.25, -0.2) is 8.42 Å². The zero-order valence-electron chi connectivity index (χ0n) is 12.1. The molecular formula is C15H14BrN3O2S. The number of sulfone groups is 1.